The summed E-state index contributed by atoms with van der Waals surface area (Å²) in [5.41, 5.74) is 0.543. The summed E-state index contributed by atoms with van der Waals surface area (Å²) in [6.07, 6.45) is 7.38. The molecule has 6 nitrogen and oxygen atoms in total. The molecule has 8 heteroatoms. The first kappa shape index (κ1) is 18.7. The predicted octanol–water partition coefficient (Wildman–Crippen LogP) is 2.30. The van der Waals surface area contributed by atoms with Crippen LogP contribution < -0.4 is 14.8 Å². The van der Waals surface area contributed by atoms with Crippen molar-refractivity contribution in [2.24, 2.45) is 5.92 Å². The zero-order valence-corrected chi connectivity index (χ0v) is 16.1. The highest BCUT2D eigenvalue weighted by molar-refractivity contribution is 7.89. The van der Waals surface area contributed by atoms with Crippen LogP contribution in [0.25, 0.3) is 0 Å². The summed E-state index contributed by atoms with van der Waals surface area (Å²) < 4.78 is 44.9. The Kier molecular flexibility index (Phi) is 4.88. The van der Waals surface area contributed by atoms with Gasteiger partial charge in [-0.1, -0.05) is 0 Å². The van der Waals surface area contributed by atoms with Crippen molar-refractivity contribution in [2.45, 2.75) is 56.5 Å². The van der Waals surface area contributed by atoms with Crippen LogP contribution in [0.4, 0.5) is 4.39 Å². The molecule has 3 atom stereocenters. The van der Waals surface area contributed by atoms with Crippen LogP contribution in [0.2, 0.25) is 0 Å². The third kappa shape index (κ3) is 4.43. The lowest BCUT2D eigenvalue weighted by Gasteiger charge is -2.29. The number of carbonyl (C=O) groups is 1. The van der Waals surface area contributed by atoms with Crippen molar-refractivity contribution in [1.29, 1.82) is 0 Å². The van der Waals surface area contributed by atoms with E-state index in [0.717, 1.165) is 37.5 Å². The molecule has 1 amide bonds. The number of amides is 1. The van der Waals surface area contributed by atoms with E-state index in [-0.39, 0.29) is 11.5 Å². The van der Waals surface area contributed by atoms with Crippen molar-refractivity contribution < 1.29 is 22.3 Å². The molecule has 2 N–H and O–H groups in total. The average Bonchev–Trinajstić information content (AvgIpc) is 3.36. The number of benzene rings is 1. The standard InChI is InChI=1S/C19H25FN2O4S/c1-27(24,25)22-19(23)16-8-15(12-2-3-12)18(9-17(16)20)26-10-11-6-13-4-5-14(7-11)21-13/h8-9,11-14,21H,2-7,10H2,1H3,(H,22,23)/t11-,13+,14-. The fourth-order valence-electron chi connectivity index (χ4n) is 4.33. The van der Waals surface area contributed by atoms with Crippen molar-refractivity contribution >= 4 is 15.9 Å². The first-order chi connectivity index (χ1) is 12.8. The van der Waals surface area contributed by atoms with Gasteiger partial charge in [0.2, 0.25) is 10.0 Å². The molecule has 148 valence electrons. The van der Waals surface area contributed by atoms with Gasteiger partial charge in [0.25, 0.3) is 5.91 Å². The van der Waals surface area contributed by atoms with E-state index < -0.39 is 21.7 Å². The molecule has 0 radical (unpaired) electrons. The fraction of sp³-hybridized carbons (Fsp3) is 0.632. The number of carbonyl (C=O) groups excluding carboxylic acids is 1. The van der Waals surface area contributed by atoms with Crippen LogP contribution in [0.5, 0.6) is 5.75 Å². The number of rotatable bonds is 6. The first-order valence-electron chi connectivity index (χ1n) is 9.53. The Balaban J connectivity index is 1.50. The van der Waals surface area contributed by atoms with Gasteiger partial charge in [-0.25, -0.2) is 17.5 Å². The summed E-state index contributed by atoms with van der Waals surface area (Å²) in [6, 6.07) is 3.83. The van der Waals surface area contributed by atoms with Crippen LogP contribution in [-0.4, -0.2) is 39.3 Å². The predicted molar refractivity (Wildman–Crippen MR) is 98.8 cm³/mol. The van der Waals surface area contributed by atoms with E-state index in [0.29, 0.717) is 30.4 Å². The van der Waals surface area contributed by atoms with Crippen LogP contribution >= 0.6 is 0 Å². The summed E-state index contributed by atoms with van der Waals surface area (Å²) in [5.74, 6) is -0.530. The van der Waals surface area contributed by atoms with Crippen LogP contribution in [0.3, 0.4) is 0 Å². The minimum absolute atomic E-state index is 0.245. The number of hydrogen-bond donors (Lipinski definition) is 2. The lowest BCUT2D eigenvalue weighted by Crippen LogP contribution is -2.39. The summed E-state index contributed by atoms with van der Waals surface area (Å²) in [5, 5.41) is 3.60. The third-order valence-corrected chi connectivity index (χ3v) is 6.24. The van der Waals surface area contributed by atoms with Crippen LogP contribution in [-0.2, 0) is 10.0 Å². The van der Waals surface area contributed by atoms with Crippen LogP contribution in [0.1, 0.15) is 60.4 Å². The molecule has 2 aliphatic heterocycles. The Bertz CT molecular complexity index is 842. The van der Waals surface area contributed by atoms with Gasteiger partial charge in [-0.2, -0.15) is 0 Å². The van der Waals surface area contributed by atoms with E-state index in [9.17, 15) is 17.6 Å². The van der Waals surface area contributed by atoms with Gasteiger partial charge in [0, 0.05) is 18.2 Å². The molecule has 1 aliphatic carbocycles. The van der Waals surface area contributed by atoms with Gasteiger partial charge >= 0.3 is 0 Å². The molecule has 1 aromatic carbocycles. The van der Waals surface area contributed by atoms with Crippen LogP contribution in [0, 0.1) is 11.7 Å². The Morgan fingerprint density at radius 3 is 2.48 bits per heavy atom. The second-order valence-corrected chi connectivity index (χ2v) is 9.88. The Morgan fingerprint density at radius 1 is 1.22 bits per heavy atom. The van der Waals surface area contributed by atoms with E-state index in [1.165, 1.54) is 25.0 Å². The van der Waals surface area contributed by atoms with E-state index >= 15 is 0 Å². The van der Waals surface area contributed by atoms with Crippen molar-refractivity contribution in [3.63, 3.8) is 0 Å². The molecule has 4 rings (SSSR count). The maximum atomic E-state index is 14.5. The molecule has 0 spiro atoms. The number of fused-ring (bicyclic) bond motifs is 2. The zero-order valence-electron chi connectivity index (χ0n) is 15.3. The van der Waals surface area contributed by atoms with Gasteiger partial charge < -0.3 is 10.1 Å². The molecule has 0 unspecified atom stereocenters. The monoisotopic (exact) mass is 396 g/mol. The fourth-order valence-corrected chi connectivity index (χ4v) is 4.77. The quantitative estimate of drug-likeness (QED) is 0.771. The number of ether oxygens (including phenoxy) is 1. The minimum Gasteiger partial charge on any atom is -0.493 e. The van der Waals surface area contributed by atoms with Crippen LogP contribution in [0.15, 0.2) is 12.1 Å². The van der Waals surface area contributed by atoms with Crippen molar-refractivity contribution in [3.8, 4) is 5.75 Å². The Labute approximate surface area is 158 Å². The maximum absolute atomic E-state index is 14.5. The highest BCUT2D eigenvalue weighted by atomic mass is 32.2. The van der Waals surface area contributed by atoms with E-state index in [2.05, 4.69) is 5.32 Å². The summed E-state index contributed by atoms with van der Waals surface area (Å²) in [4.78, 5) is 12.1. The van der Waals surface area contributed by atoms with Gasteiger partial charge in [0.15, 0.2) is 0 Å². The maximum Gasteiger partial charge on any atom is 0.267 e. The molecule has 3 fully saturated rings. The molecule has 2 saturated heterocycles. The number of piperidine rings is 1. The largest absolute Gasteiger partial charge is 0.493 e. The topological polar surface area (TPSA) is 84.5 Å². The van der Waals surface area contributed by atoms with E-state index in [1.807, 2.05) is 4.72 Å². The van der Waals surface area contributed by atoms with Gasteiger partial charge in [-0.05, 0) is 62.0 Å². The average molecular weight is 396 g/mol. The molecule has 1 saturated carbocycles. The second kappa shape index (κ2) is 7.05. The second-order valence-electron chi connectivity index (χ2n) is 8.13. The number of halogens is 1. The molecule has 2 heterocycles. The Hall–Kier alpha value is -1.67. The molecular weight excluding hydrogens is 371 g/mol. The van der Waals surface area contributed by atoms with Gasteiger partial charge in [0.05, 0.1) is 18.4 Å². The van der Waals surface area contributed by atoms with Crippen molar-refractivity contribution in [1.82, 2.24) is 10.0 Å². The van der Waals surface area contributed by atoms with Gasteiger partial charge in [0.1, 0.15) is 11.6 Å². The van der Waals surface area contributed by atoms with E-state index in [1.54, 1.807) is 0 Å². The molecular formula is C19H25FN2O4S. The number of sulfonamides is 1. The Morgan fingerprint density at radius 2 is 1.89 bits per heavy atom. The first-order valence-corrected chi connectivity index (χ1v) is 11.4. The van der Waals surface area contributed by atoms with Crippen molar-refractivity contribution in [3.05, 3.63) is 29.1 Å². The molecule has 27 heavy (non-hydrogen) atoms. The number of hydrogen-bond acceptors (Lipinski definition) is 5. The molecule has 3 aliphatic rings. The number of nitrogens with one attached hydrogen (secondary N) is 2. The third-order valence-electron chi connectivity index (χ3n) is 5.68. The summed E-state index contributed by atoms with van der Waals surface area (Å²) in [6.45, 7) is 0.544. The van der Waals surface area contributed by atoms with Gasteiger partial charge in [-0.3, -0.25) is 4.79 Å². The lowest BCUT2D eigenvalue weighted by atomic mass is 9.93. The normalized spacial score (nSPS) is 27.4. The minimum atomic E-state index is -3.75. The summed E-state index contributed by atoms with van der Waals surface area (Å²) in [7, 11) is -3.75. The highest BCUT2D eigenvalue weighted by Crippen LogP contribution is 2.45. The smallest absolute Gasteiger partial charge is 0.267 e. The highest BCUT2D eigenvalue weighted by Gasteiger charge is 2.34. The molecule has 2 bridgehead atoms. The van der Waals surface area contributed by atoms with Gasteiger partial charge in [-0.15, -0.1) is 0 Å². The molecule has 1 aromatic rings. The molecule has 0 aromatic heterocycles. The summed E-state index contributed by atoms with van der Waals surface area (Å²) >= 11 is 0. The lowest BCUT2D eigenvalue weighted by molar-refractivity contribution is 0.0977. The van der Waals surface area contributed by atoms with E-state index in [4.69, 9.17) is 4.74 Å². The van der Waals surface area contributed by atoms with Crippen molar-refractivity contribution in [2.75, 3.05) is 12.9 Å². The SMILES string of the molecule is CS(=O)(=O)NC(=O)c1cc(C2CC2)c(OC[C@H]2C[C@H]3CC[C@@H](C2)N3)cc1F. The zero-order chi connectivity index (χ0) is 19.2.